The maximum atomic E-state index is 12.1. The average Bonchev–Trinajstić information content (AvgIpc) is 2.57. The fourth-order valence-corrected chi connectivity index (χ4v) is 2.92. The SMILES string of the molecule is C=C(O)CCCCCCn1c2nc(=O)[nH]c(=O)c-2nc2ccccc21. The van der Waals surface area contributed by atoms with E-state index in [0.29, 0.717) is 24.3 Å². The number of aliphatic hydroxyl groups is 1. The first-order chi connectivity index (χ1) is 12.1. The molecule has 0 unspecified atom stereocenters. The summed E-state index contributed by atoms with van der Waals surface area (Å²) in [4.78, 5) is 34.2. The van der Waals surface area contributed by atoms with Gasteiger partial charge >= 0.3 is 5.69 Å². The predicted molar refractivity (Wildman–Crippen MR) is 95.9 cm³/mol. The number of para-hydroxylation sites is 2. The number of aromatic nitrogens is 4. The highest BCUT2D eigenvalue weighted by Crippen LogP contribution is 2.21. The number of hydrogen-bond donors (Lipinski definition) is 2. The molecule has 2 aliphatic heterocycles. The quantitative estimate of drug-likeness (QED) is 0.391. The second-order valence-corrected chi connectivity index (χ2v) is 6.03. The summed E-state index contributed by atoms with van der Waals surface area (Å²) in [6, 6.07) is 7.49. The summed E-state index contributed by atoms with van der Waals surface area (Å²) in [6.45, 7) is 4.11. The molecular formula is C18H20N4O3. The van der Waals surface area contributed by atoms with Crippen molar-refractivity contribution >= 4 is 11.0 Å². The Morgan fingerprint density at radius 3 is 2.68 bits per heavy atom. The van der Waals surface area contributed by atoms with Gasteiger partial charge in [0.1, 0.15) is 0 Å². The molecule has 0 saturated heterocycles. The molecule has 0 aromatic heterocycles. The van der Waals surface area contributed by atoms with Crippen LogP contribution in [-0.4, -0.2) is 24.6 Å². The molecule has 3 rings (SSSR count). The number of nitrogens with zero attached hydrogens (tertiary/aromatic N) is 3. The summed E-state index contributed by atoms with van der Waals surface area (Å²) in [5.74, 6) is 0.531. The zero-order valence-electron chi connectivity index (χ0n) is 13.9. The largest absolute Gasteiger partial charge is 0.513 e. The van der Waals surface area contributed by atoms with Crippen LogP contribution in [-0.2, 0) is 6.54 Å². The van der Waals surface area contributed by atoms with Gasteiger partial charge in [-0.1, -0.05) is 31.6 Å². The maximum Gasteiger partial charge on any atom is 0.349 e. The lowest BCUT2D eigenvalue weighted by Gasteiger charge is -2.16. The molecule has 2 aliphatic rings. The zero-order chi connectivity index (χ0) is 17.8. The van der Waals surface area contributed by atoms with E-state index in [4.69, 9.17) is 5.11 Å². The van der Waals surface area contributed by atoms with E-state index in [2.05, 4.69) is 21.5 Å². The zero-order valence-corrected chi connectivity index (χ0v) is 13.9. The van der Waals surface area contributed by atoms with Crippen molar-refractivity contribution in [2.75, 3.05) is 0 Å². The Morgan fingerprint density at radius 2 is 1.88 bits per heavy atom. The van der Waals surface area contributed by atoms with Crippen molar-refractivity contribution < 1.29 is 5.11 Å². The van der Waals surface area contributed by atoms with Crippen molar-refractivity contribution in [3.05, 3.63) is 57.4 Å². The molecule has 0 atom stereocenters. The molecule has 25 heavy (non-hydrogen) atoms. The Kier molecular flexibility index (Phi) is 4.92. The standard InChI is InChI=1S/C18H20N4O3/c1-12(23)8-4-2-3-7-11-22-14-10-6-5-9-13(14)19-15-16(22)20-18(25)21-17(15)24/h5-6,9-10,23H,1-4,7-8,11H2,(H,21,24,25). The van der Waals surface area contributed by atoms with E-state index in [1.807, 2.05) is 28.8 Å². The van der Waals surface area contributed by atoms with Crippen molar-refractivity contribution in [3.63, 3.8) is 0 Å². The van der Waals surface area contributed by atoms with Crippen molar-refractivity contribution in [2.45, 2.75) is 38.6 Å². The number of fused-ring (bicyclic) bond motifs is 2. The Hall–Kier alpha value is -2.96. The van der Waals surface area contributed by atoms with Gasteiger partial charge in [0.05, 0.1) is 16.8 Å². The predicted octanol–water partition coefficient (Wildman–Crippen LogP) is 2.61. The van der Waals surface area contributed by atoms with Crippen LogP contribution < -0.4 is 11.2 Å². The van der Waals surface area contributed by atoms with Crippen molar-refractivity contribution in [3.8, 4) is 11.5 Å². The number of aliphatic hydroxyl groups excluding tert-OH is 1. The monoisotopic (exact) mass is 340 g/mol. The highest BCUT2D eigenvalue weighted by atomic mass is 16.3. The van der Waals surface area contributed by atoms with Gasteiger partial charge in [0.15, 0.2) is 11.5 Å². The molecule has 0 saturated carbocycles. The third-order valence-corrected chi connectivity index (χ3v) is 4.11. The Morgan fingerprint density at radius 1 is 1.12 bits per heavy atom. The minimum Gasteiger partial charge on any atom is -0.513 e. The highest BCUT2D eigenvalue weighted by molar-refractivity contribution is 5.79. The van der Waals surface area contributed by atoms with E-state index >= 15 is 0 Å². The summed E-state index contributed by atoms with van der Waals surface area (Å²) >= 11 is 0. The number of allylic oxidation sites excluding steroid dienone is 1. The first-order valence-electron chi connectivity index (χ1n) is 8.32. The van der Waals surface area contributed by atoms with E-state index in [1.54, 1.807) is 0 Å². The van der Waals surface area contributed by atoms with E-state index < -0.39 is 11.2 Å². The second kappa shape index (κ2) is 7.29. The van der Waals surface area contributed by atoms with Crippen LogP contribution in [0.3, 0.4) is 0 Å². The number of aromatic amines is 1. The van der Waals surface area contributed by atoms with Crippen molar-refractivity contribution in [2.24, 2.45) is 0 Å². The number of nitrogens with one attached hydrogen (secondary N) is 1. The molecule has 1 aromatic carbocycles. The number of H-pyrrole nitrogens is 1. The maximum absolute atomic E-state index is 12.1. The van der Waals surface area contributed by atoms with Crippen LogP contribution in [0.4, 0.5) is 0 Å². The molecule has 0 aliphatic carbocycles. The van der Waals surface area contributed by atoms with Crippen LogP contribution >= 0.6 is 0 Å². The molecule has 0 spiro atoms. The summed E-state index contributed by atoms with van der Waals surface area (Å²) in [6.07, 6.45) is 4.31. The third kappa shape index (κ3) is 3.76. The first kappa shape index (κ1) is 16.9. The Balaban J connectivity index is 1.90. The number of hydrogen-bond acceptors (Lipinski definition) is 5. The minimum absolute atomic E-state index is 0.176. The molecule has 130 valence electrons. The summed E-state index contributed by atoms with van der Waals surface area (Å²) < 4.78 is 1.89. The van der Waals surface area contributed by atoms with Crippen molar-refractivity contribution in [1.29, 1.82) is 0 Å². The first-order valence-corrected chi connectivity index (χ1v) is 8.32. The van der Waals surface area contributed by atoms with Crippen molar-refractivity contribution in [1.82, 2.24) is 19.5 Å². The van der Waals surface area contributed by atoms with Gasteiger partial charge in [0.2, 0.25) is 0 Å². The topological polar surface area (TPSA) is 101 Å². The van der Waals surface area contributed by atoms with Gasteiger partial charge in [0.25, 0.3) is 5.56 Å². The number of aryl methyl sites for hydroxylation is 1. The van der Waals surface area contributed by atoms with Crippen LogP contribution in [0, 0.1) is 0 Å². The van der Waals surface area contributed by atoms with Gasteiger partial charge in [0, 0.05) is 13.0 Å². The molecule has 0 radical (unpaired) electrons. The average molecular weight is 340 g/mol. The van der Waals surface area contributed by atoms with E-state index in [0.717, 1.165) is 31.2 Å². The molecule has 0 bridgehead atoms. The summed E-state index contributed by atoms with van der Waals surface area (Å²) in [7, 11) is 0. The van der Waals surface area contributed by atoms with Gasteiger partial charge in [-0.15, -0.1) is 0 Å². The van der Waals surface area contributed by atoms with Crippen LogP contribution in [0.15, 0.2) is 46.2 Å². The smallest absolute Gasteiger partial charge is 0.349 e. The minimum atomic E-state index is -0.662. The normalized spacial score (nSPS) is 11.2. The van der Waals surface area contributed by atoms with E-state index in [9.17, 15) is 9.59 Å². The molecule has 7 heteroatoms. The fraction of sp³-hybridized carbons (Fsp3) is 0.333. The highest BCUT2D eigenvalue weighted by Gasteiger charge is 2.17. The van der Waals surface area contributed by atoms with Crippen LogP contribution in [0.25, 0.3) is 22.6 Å². The Bertz CT molecular complexity index is 990. The molecule has 7 nitrogen and oxygen atoms in total. The molecule has 0 fully saturated rings. The van der Waals surface area contributed by atoms with Crippen LogP contribution in [0.1, 0.15) is 32.1 Å². The molecule has 2 N–H and O–H groups in total. The lowest BCUT2D eigenvalue weighted by Crippen LogP contribution is -2.28. The van der Waals surface area contributed by atoms with E-state index in [-0.39, 0.29) is 11.5 Å². The summed E-state index contributed by atoms with van der Waals surface area (Å²) in [5, 5.41) is 9.10. The molecule has 2 heterocycles. The Labute approximate surface area is 144 Å². The molecule has 1 aromatic rings. The van der Waals surface area contributed by atoms with Gasteiger partial charge in [-0.2, -0.15) is 4.98 Å². The van der Waals surface area contributed by atoms with Crippen LogP contribution in [0.2, 0.25) is 0 Å². The number of rotatable bonds is 7. The fourth-order valence-electron chi connectivity index (χ4n) is 2.92. The third-order valence-electron chi connectivity index (χ3n) is 4.11. The van der Waals surface area contributed by atoms with Gasteiger partial charge in [-0.05, 0) is 25.0 Å². The lowest BCUT2D eigenvalue weighted by molar-refractivity contribution is 0.383. The summed E-state index contributed by atoms with van der Waals surface area (Å²) in [5.41, 5.74) is 0.532. The van der Waals surface area contributed by atoms with Gasteiger partial charge < -0.3 is 9.67 Å². The molecular weight excluding hydrogens is 320 g/mol. The molecule has 0 amide bonds. The number of benzene rings is 1. The van der Waals surface area contributed by atoms with Gasteiger partial charge in [-0.25, -0.2) is 9.78 Å². The number of unbranched alkanes of at least 4 members (excludes halogenated alkanes) is 3. The van der Waals surface area contributed by atoms with Gasteiger partial charge in [-0.3, -0.25) is 9.78 Å². The van der Waals surface area contributed by atoms with E-state index in [1.165, 1.54) is 0 Å². The second-order valence-electron chi connectivity index (χ2n) is 6.03. The lowest BCUT2D eigenvalue weighted by atomic mass is 10.1. The van der Waals surface area contributed by atoms with Crippen LogP contribution in [0.5, 0.6) is 0 Å².